The Morgan fingerprint density at radius 2 is 0.902 bits per heavy atom. The first-order valence-corrected chi connectivity index (χ1v) is 26.4. The zero-order valence-electron chi connectivity index (χ0n) is 30.7. The zero-order valence-corrected chi connectivity index (χ0v) is 34.7. The van der Waals surface area contributed by atoms with Gasteiger partial charge in [0.05, 0.1) is 0 Å². The van der Waals surface area contributed by atoms with Crippen LogP contribution in [0.5, 0.6) is 0 Å². The molecule has 1 heterocycles. The van der Waals surface area contributed by atoms with E-state index in [0.29, 0.717) is 0 Å². The van der Waals surface area contributed by atoms with Crippen molar-refractivity contribution < 1.29 is 45.1 Å². The molecule has 2 saturated carbocycles. The van der Waals surface area contributed by atoms with Crippen molar-refractivity contribution in [1.29, 1.82) is 0 Å². The van der Waals surface area contributed by atoms with E-state index in [4.69, 9.17) is 0 Å². The molecule has 0 aromatic heterocycles. The smallest absolute Gasteiger partial charge is 1.00 e. The largest absolute Gasteiger partial charge is 1.00 e. The van der Waals surface area contributed by atoms with Gasteiger partial charge in [0, 0.05) is 0 Å². The molecule has 0 spiro atoms. The van der Waals surface area contributed by atoms with Gasteiger partial charge in [-0.3, -0.25) is 0 Å². The van der Waals surface area contributed by atoms with E-state index in [0.717, 1.165) is 19.1 Å². The van der Waals surface area contributed by atoms with Gasteiger partial charge in [0.1, 0.15) is 0 Å². The average molecular weight is 793 g/mol. The Bertz CT molecular complexity index is 1760. The molecule has 51 heavy (non-hydrogen) atoms. The minimum atomic E-state index is -2.83. The van der Waals surface area contributed by atoms with Gasteiger partial charge in [-0.25, -0.2) is 0 Å². The molecule has 4 aromatic carbocycles. The second-order valence-electron chi connectivity index (χ2n) is 16.4. The Morgan fingerprint density at radius 1 is 0.510 bits per heavy atom. The quantitative estimate of drug-likeness (QED) is 0.153. The Morgan fingerprint density at radius 3 is 1.25 bits per heavy atom. The van der Waals surface area contributed by atoms with E-state index in [9.17, 15) is 0 Å². The Hall–Kier alpha value is -2.18. The fourth-order valence-corrected chi connectivity index (χ4v) is 28.7. The number of hydrogen-bond donors (Lipinski definition) is 0. The van der Waals surface area contributed by atoms with Crippen molar-refractivity contribution in [2.45, 2.75) is 106 Å². The standard InChI is InChI=1S/2C23H25.C2H4.2ClH.Zr/c2*1-2-6-17-11-13-19(14-12-17)22-10-5-9-20-15-21(16-23(20)22)18-7-3-4-8-18;1-2;;;/h2*5,9-16,18H,2-4,6-8H2,1H3;1-2H2;2*1H;/q;;;;;+2/p-2. The predicted octanol–water partition coefficient (Wildman–Crippen LogP) is 7.89. The van der Waals surface area contributed by atoms with Crippen LogP contribution in [-0.4, -0.2) is 0 Å². The number of benzene rings is 4. The van der Waals surface area contributed by atoms with Crippen molar-refractivity contribution in [3.05, 3.63) is 129 Å². The van der Waals surface area contributed by atoms with Gasteiger partial charge in [-0.15, -0.1) is 0 Å². The number of halogens is 2. The third-order valence-electron chi connectivity index (χ3n) is 13.4. The summed E-state index contributed by atoms with van der Waals surface area (Å²) in [6.45, 7) is 4.57. The summed E-state index contributed by atoms with van der Waals surface area (Å²) in [7, 11) is 0. The number of allylic oxidation sites excluding steroid dienone is 2. The summed E-state index contributed by atoms with van der Waals surface area (Å²) in [6.07, 6.45) is 21.6. The summed E-state index contributed by atoms with van der Waals surface area (Å²) in [6, 6.07) is 34.1. The van der Waals surface area contributed by atoms with Crippen LogP contribution in [0.25, 0.3) is 34.4 Å². The Labute approximate surface area is 324 Å². The van der Waals surface area contributed by atoms with Crippen molar-refractivity contribution in [1.82, 2.24) is 0 Å². The number of hydrogen-bond acceptors (Lipinski definition) is 0. The van der Waals surface area contributed by atoms with E-state index in [1.807, 2.05) is 11.1 Å². The molecular formula is C48H54Cl2Zr. The van der Waals surface area contributed by atoms with Crippen LogP contribution in [-0.2, 0) is 33.1 Å². The maximum Gasteiger partial charge on any atom is -1.00 e. The second kappa shape index (κ2) is 15.7. The molecule has 9 rings (SSSR count). The molecule has 264 valence electrons. The van der Waals surface area contributed by atoms with E-state index in [2.05, 4.69) is 111 Å². The fourth-order valence-electron chi connectivity index (χ4n) is 11.0. The van der Waals surface area contributed by atoms with Gasteiger partial charge in [0.15, 0.2) is 0 Å². The minimum Gasteiger partial charge on any atom is -1.00 e. The number of aryl methyl sites for hydroxylation is 2. The molecule has 2 unspecified atom stereocenters. The molecule has 0 radical (unpaired) electrons. The molecule has 0 amide bonds. The normalized spacial score (nSPS) is 21.1. The molecule has 0 N–H and O–H groups in total. The fraction of sp³-hybridized carbons (Fsp3) is 0.417. The first-order chi connectivity index (χ1) is 24.2. The molecule has 2 atom stereocenters. The van der Waals surface area contributed by atoms with Gasteiger partial charge in [0.2, 0.25) is 0 Å². The van der Waals surface area contributed by atoms with Crippen molar-refractivity contribution in [3.8, 4) is 22.3 Å². The van der Waals surface area contributed by atoms with Crippen molar-refractivity contribution in [3.63, 3.8) is 0 Å². The molecular weight excluding hydrogens is 739 g/mol. The zero-order chi connectivity index (χ0) is 33.0. The topological polar surface area (TPSA) is 0 Å². The Balaban J connectivity index is 0.00000203. The van der Waals surface area contributed by atoms with Crippen LogP contribution in [0.1, 0.15) is 119 Å². The second-order valence-corrected chi connectivity index (χ2v) is 27.7. The molecule has 5 aliphatic rings. The third-order valence-corrected chi connectivity index (χ3v) is 26.3. The molecule has 0 nitrogen and oxygen atoms in total. The van der Waals surface area contributed by atoms with Crippen molar-refractivity contribution in [2.24, 2.45) is 11.8 Å². The van der Waals surface area contributed by atoms with E-state index in [-0.39, 0.29) is 24.8 Å². The van der Waals surface area contributed by atoms with Crippen molar-refractivity contribution in [2.75, 3.05) is 0 Å². The number of fused-ring (bicyclic) bond motifs is 2. The van der Waals surface area contributed by atoms with Crippen LogP contribution in [0, 0.1) is 11.8 Å². The maximum absolute atomic E-state index is 2.83. The Kier molecular flexibility index (Phi) is 11.4. The summed E-state index contributed by atoms with van der Waals surface area (Å²) in [5, 5.41) is 0. The van der Waals surface area contributed by atoms with Gasteiger partial charge in [-0.1, -0.05) is 0 Å². The summed E-state index contributed by atoms with van der Waals surface area (Å²) >= 11 is -2.83. The molecule has 4 aliphatic carbocycles. The first kappa shape index (κ1) is 37.2. The van der Waals surface area contributed by atoms with E-state index in [1.54, 1.807) is 30.5 Å². The summed E-state index contributed by atoms with van der Waals surface area (Å²) in [5.74, 6) is 1.58. The molecule has 4 aromatic rings. The minimum absolute atomic E-state index is 0. The van der Waals surface area contributed by atoms with E-state index >= 15 is 0 Å². The average Bonchev–Trinajstić information content (AvgIpc) is 3.66. The first-order valence-electron chi connectivity index (χ1n) is 20.1. The van der Waals surface area contributed by atoms with Crippen LogP contribution in [0.15, 0.2) is 96.1 Å². The van der Waals surface area contributed by atoms with Gasteiger partial charge in [-0.05, 0) is 0 Å². The van der Waals surface area contributed by atoms with Crippen LogP contribution in [0.2, 0.25) is 8.26 Å². The SMILES string of the molecule is CCCc1ccc(-c2cccc3c2C=C(C2CCCC2)[CH]3[Zr+2]2([CH]3C(C4CCCC4)=Cc4c(-c5ccc(CCC)cc5)cccc43)[CH2][CH2]2)cc1.[Cl-].[Cl-]. The molecule has 3 fully saturated rings. The number of rotatable bonds is 10. The van der Waals surface area contributed by atoms with E-state index < -0.39 is 20.3 Å². The monoisotopic (exact) mass is 790 g/mol. The summed E-state index contributed by atoms with van der Waals surface area (Å²) < 4.78 is 4.60. The molecule has 1 saturated heterocycles. The predicted molar refractivity (Wildman–Crippen MR) is 207 cm³/mol. The van der Waals surface area contributed by atoms with Gasteiger partial charge in [0.25, 0.3) is 0 Å². The van der Waals surface area contributed by atoms with Crippen LogP contribution >= 0.6 is 0 Å². The summed E-state index contributed by atoms with van der Waals surface area (Å²) in [5.41, 5.74) is 19.1. The maximum atomic E-state index is 2.78. The van der Waals surface area contributed by atoms with Gasteiger partial charge >= 0.3 is 302 Å². The van der Waals surface area contributed by atoms with Gasteiger partial charge < -0.3 is 24.8 Å². The van der Waals surface area contributed by atoms with Crippen LogP contribution < -0.4 is 24.8 Å². The molecule has 3 heteroatoms. The summed E-state index contributed by atoms with van der Waals surface area (Å²) in [4.78, 5) is 0. The van der Waals surface area contributed by atoms with Crippen LogP contribution in [0.4, 0.5) is 0 Å². The molecule has 0 bridgehead atoms. The van der Waals surface area contributed by atoms with Crippen LogP contribution in [0.3, 0.4) is 0 Å². The van der Waals surface area contributed by atoms with E-state index in [1.165, 1.54) is 110 Å². The third kappa shape index (κ3) is 6.66. The molecule has 1 aliphatic heterocycles. The van der Waals surface area contributed by atoms with Gasteiger partial charge in [-0.2, -0.15) is 0 Å². The van der Waals surface area contributed by atoms with Crippen molar-refractivity contribution >= 4 is 12.2 Å².